The second-order valence-corrected chi connectivity index (χ2v) is 7.95. The number of benzene rings is 3. The van der Waals surface area contributed by atoms with Crippen molar-refractivity contribution >= 4 is 24.2 Å². The molecule has 0 saturated heterocycles. The van der Waals surface area contributed by atoms with E-state index in [0.29, 0.717) is 0 Å². The Morgan fingerprint density at radius 2 is 1.08 bits per heavy atom. The molecule has 0 aliphatic rings. The van der Waals surface area contributed by atoms with Crippen molar-refractivity contribution in [1.29, 1.82) is 0 Å². The molecule has 39 heavy (non-hydrogen) atoms. The minimum absolute atomic E-state index is 0.00467. The average Bonchev–Trinajstić information content (AvgIpc) is 2.98. The summed E-state index contributed by atoms with van der Waals surface area (Å²) in [5.41, 5.74) is 8.79. The van der Waals surface area contributed by atoms with Gasteiger partial charge in [-0.3, -0.25) is 4.79 Å². The summed E-state index contributed by atoms with van der Waals surface area (Å²) >= 11 is 0. The zero-order valence-electron chi connectivity index (χ0n) is 20.2. The van der Waals surface area contributed by atoms with Gasteiger partial charge in [0, 0.05) is 4.91 Å². The maximum Gasteiger partial charge on any atom is 0.338 e. The van der Waals surface area contributed by atoms with E-state index in [-0.39, 0.29) is 23.0 Å². The summed E-state index contributed by atoms with van der Waals surface area (Å²) < 4.78 is 16.1. The maximum absolute atomic E-state index is 13.0. The number of nitrogens with zero attached hydrogens (tertiary/aromatic N) is 3. The SMILES string of the molecule is [N-]=[N+]=NC(O)[C@@H](O)[C@@H](OC(=O)c1ccccc1)[C@H](OC(=O)c1ccccc1)[C@H](C=O)OC(=O)c1ccccc1. The molecule has 200 valence electrons. The van der Waals surface area contributed by atoms with Gasteiger partial charge in [-0.2, -0.15) is 0 Å². The molecule has 12 nitrogen and oxygen atoms in total. The van der Waals surface area contributed by atoms with Gasteiger partial charge in [-0.1, -0.05) is 59.7 Å². The number of rotatable bonds is 12. The predicted octanol–water partition coefficient (Wildman–Crippen LogP) is 2.85. The molecule has 0 spiro atoms. The van der Waals surface area contributed by atoms with Crippen molar-refractivity contribution < 1.29 is 43.6 Å². The van der Waals surface area contributed by atoms with Crippen LogP contribution >= 0.6 is 0 Å². The molecular weight excluding hydrogens is 510 g/mol. The second kappa shape index (κ2) is 14.1. The van der Waals surface area contributed by atoms with Crippen LogP contribution in [0.25, 0.3) is 10.4 Å². The van der Waals surface area contributed by atoms with Crippen LogP contribution in [0.1, 0.15) is 31.1 Å². The van der Waals surface area contributed by atoms with E-state index in [1.165, 1.54) is 60.7 Å². The Bertz CT molecular complexity index is 1320. The van der Waals surface area contributed by atoms with Crippen molar-refractivity contribution in [2.45, 2.75) is 30.6 Å². The lowest BCUT2D eigenvalue weighted by atomic mass is 10.0. The first-order valence-corrected chi connectivity index (χ1v) is 11.5. The molecule has 12 heteroatoms. The molecule has 0 amide bonds. The Kier molecular flexibility index (Phi) is 10.3. The Morgan fingerprint density at radius 1 is 0.692 bits per heavy atom. The number of aliphatic hydroxyl groups is 2. The second-order valence-electron chi connectivity index (χ2n) is 7.95. The van der Waals surface area contributed by atoms with Gasteiger partial charge in [-0.25, -0.2) is 14.4 Å². The van der Waals surface area contributed by atoms with Crippen LogP contribution in [-0.4, -0.2) is 65.1 Å². The van der Waals surface area contributed by atoms with Crippen LogP contribution in [0.15, 0.2) is 96.1 Å². The highest BCUT2D eigenvalue weighted by Crippen LogP contribution is 2.22. The van der Waals surface area contributed by atoms with Crippen molar-refractivity contribution in [3.8, 4) is 0 Å². The maximum atomic E-state index is 13.0. The van der Waals surface area contributed by atoms with Crippen LogP contribution in [0.5, 0.6) is 0 Å². The summed E-state index contributed by atoms with van der Waals surface area (Å²) in [6, 6.07) is 22.5. The minimum atomic E-state index is -2.22. The fourth-order valence-electron chi connectivity index (χ4n) is 3.41. The highest BCUT2D eigenvalue weighted by Gasteiger charge is 2.44. The Morgan fingerprint density at radius 3 is 1.46 bits per heavy atom. The van der Waals surface area contributed by atoms with Crippen molar-refractivity contribution in [1.82, 2.24) is 0 Å². The number of hydrogen-bond donors (Lipinski definition) is 2. The Balaban J connectivity index is 2.04. The highest BCUT2D eigenvalue weighted by molar-refractivity contribution is 5.92. The average molecular weight is 533 g/mol. The van der Waals surface area contributed by atoms with Gasteiger partial charge in [0.2, 0.25) is 0 Å². The Hall–Kier alpha value is -5.03. The quantitative estimate of drug-likeness (QED) is 0.0882. The van der Waals surface area contributed by atoms with Crippen molar-refractivity contribution in [2.75, 3.05) is 0 Å². The fraction of sp³-hybridized carbons (Fsp3) is 0.185. The lowest BCUT2D eigenvalue weighted by Crippen LogP contribution is -2.54. The first-order valence-electron chi connectivity index (χ1n) is 11.5. The Labute approximate surface area is 222 Å². The van der Waals surface area contributed by atoms with E-state index < -0.39 is 48.6 Å². The fourth-order valence-corrected chi connectivity index (χ4v) is 3.41. The van der Waals surface area contributed by atoms with E-state index in [1.807, 2.05) is 0 Å². The van der Waals surface area contributed by atoms with E-state index in [0.717, 1.165) is 0 Å². The number of aldehydes is 1. The molecule has 2 N–H and O–H groups in total. The standard InChI is InChI=1S/C27H23N3O9/c28-30-29-24(33)21(32)23(39-27(36)19-14-8-3-9-15-19)22(38-26(35)18-12-6-2-7-13-18)20(16-31)37-25(34)17-10-4-1-5-11-17/h1-16,20-24,32-33H/t20-,21-,22+,23+,24?/m0/s1. The van der Waals surface area contributed by atoms with Gasteiger partial charge < -0.3 is 24.4 Å². The van der Waals surface area contributed by atoms with Gasteiger partial charge in [0.05, 0.1) is 16.7 Å². The number of hydrogen-bond acceptors (Lipinski definition) is 10. The molecule has 0 aromatic heterocycles. The summed E-state index contributed by atoms with van der Waals surface area (Å²) in [5, 5.41) is 24.0. The van der Waals surface area contributed by atoms with Gasteiger partial charge in [-0.05, 0) is 41.9 Å². The lowest BCUT2D eigenvalue weighted by molar-refractivity contribution is -0.149. The van der Waals surface area contributed by atoms with Crippen LogP contribution in [0, 0.1) is 0 Å². The third-order valence-electron chi connectivity index (χ3n) is 5.35. The molecule has 0 saturated carbocycles. The van der Waals surface area contributed by atoms with Crippen LogP contribution in [-0.2, 0) is 19.0 Å². The predicted molar refractivity (Wildman–Crippen MR) is 134 cm³/mol. The third kappa shape index (κ3) is 7.73. The van der Waals surface area contributed by atoms with Gasteiger partial charge in [0.25, 0.3) is 0 Å². The van der Waals surface area contributed by atoms with Gasteiger partial charge >= 0.3 is 17.9 Å². The molecule has 3 aromatic rings. The van der Waals surface area contributed by atoms with Crippen LogP contribution in [0.4, 0.5) is 0 Å². The van der Waals surface area contributed by atoms with Gasteiger partial charge in [0.1, 0.15) is 6.10 Å². The van der Waals surface area contributed by atoms with E-state index in [2.05, 4.69) is 10.0 Å². The van der Waals surface area contributed by atoms with Crippen molar-refractivity contribution in [2.24, 2.45) is 5.11 Å². The van der Waals surface area contributed by atoms with E-state index in [9.17, 15) is 29.4 Å². The van der Waals surface area contributed by atoms with E-state index in [1.54, 1.807) is 30.3 Å². The van der Waals surface area contributed by atoms with Crippen LogP contribution < -0.4 is 0 Å². The summed E-state index contributed by atoms with van der Waals surface area (Å²) in [6.45, 7) is 0. The van der Waals surface area contributed by atoms with Gasteiger partial charge in [-0.15, -0.1) is 0 Å². The third-order valence-corrected chi connectivity index (χ3v) is 5.35. The zero-order valence-corrected chi connectivity index (χ0v) is 20.2. The number of carbonyl (C=O) groups is 4. The van der Waals surface area contributed by atoms with E-state index in [4.69, 9.17) is 19.7 Å². The van der Waals surface area contributed by atoms with Crippen LogP contribution in [0.2, 0.25) is 0 Å². The molecule has 0 bridgehead atoms. The summed E-state index contributed by atoms with van der Waals surface area (Å²) in [5.74, 6) is -3.08. The minimum Gasteiger partial charge on any atom is -0.452 e. The summed E-state index contributed by atoms with van der Waals surface area (Å²) in [7, 11) is 0. The highest BCUT2D eigenvalue weighted by atomic mass is 16.6. The summed E-state index contributed by atoms with van der Waals surface area (Å²) in [6.07, 6.45) is -10.3. The number of carbonyl (C=O) groups excluding carboxylic acids is 4. The smallest absolute Gasteiger partial charge is 0.338 e. The lowest BCUT2D eigenvalue weighted by Gasteiger charge is -2.33. The molecule has 0 aliphatic carbocycles. The monoisotopic (exact) mass is 533 g/mol. The zero-order chi connectivity index (χ0) is 28.2. The number of ether oxygens (including phenoxy) is 3. The number of esters is 3. The molecule has 0 heterocycles. The molecule has 0 radical (unpaired) electrons. The molecule has 3 rings (SSSR count). The van der Waals surface area contributed by atoms with Crippen molar-refractivity contribution in [3.05, 3.63) is 118 Å². The summed E-state index contributed by atoms with van der Waals surface area (Å²) in [4.78, 5) is 53.2. The van der Waals surface area contributed by atoms with Crippen molar-refractivity contribution in [3.63, 3.8) is 0 Å². The largest absolute Gasteiger partial charge is 0.452 e. The first kappa shape index (κ1) is 28.5. The molecule has 3 aromatic carbocycles. The van der Waals surface area contributed by atoms with Gasteiger partial charge in [0.15, 0.2) is 30.8 Å². The molecule has 1 unspecified atom stereocenters. The molecular formula is C27H23N3O9. The topological polar surface area (TPSA) is 185 Å². The van der Waals surface area contributed by atoms with Crippen LogP contribution in [0.3, 0.4) is 0 Å². The number of aliphatic hydroxyl groups excluding tert-OH is 2. The molecule has 0 aliphatic heterocycles. The van der Waals surface area contributed by atoms with E-state index >= 15 is 0 Å². The number of azide groups is 1. The first-order chi connectivity index (χ1) is 18.8. The molecule has 0 fully saturated rings. The molecule has 5 atom stereocenters. The normalized spacial score (nSPS) is 14.3.